The lowest BCUT2D eigenvalue weighted by molar-refractivity contribution is -0.184. The van der Waals surface area contributed by atoms with Gasteiger partial charge in [0.05, 0.1) is 11.1 Å². The molecule has 0 N–H and O–H groups in total. The molecule has 1 aromatic carbocycles. The number of hydrogen-bond donors (Lipinski definition) is 0. The Morgan fingerprint density at radius 3 is 2.48 bits per heavy atom. The molecule has 0 aliphatic carbocycles. The second-order valence-electron chi connectivity index (χ2n) is 6.42. The van der Waals surface area contributed by atoms with E-state index < -0.39 is 5.60 Å². The molecule has 1 heterocycles. The monoisotopic (exact) mass is 388 g/mol. The number of rotatable bonds is 3. The molecule has 0 atom stereocenters. The topological polar surface area (TPSA) is 42.0 Å². The highest BCUT2D eigenvalue weighted by atomic mass is 79.9. The van der Waals surface area contributed by atoms with Crippen LogP contribution in [0, 0.1) is 5.82 Å². The Kier molecular flexibility index (Phi) is 6.00. The van der Waals surface area contributed by atoms with Gasteiger partial charge in [0.15, 0.2) is 0 Å². The van der Waals surface area contributed by atoms with E-state index in [1.807, 2.05) is 26.8 Å². The van der Waals surface area contributed by atoms with Crippen LogP contribution in [0.15, 0.2) is 22.7 Å². The summed E-state index contributed by atoms with van der Waals surface area (Å²) in [5.41, 5.74) is 0.274. The van der Waals surface area contributed by atoms with Crippen molar-refractivity contribution in [2.24, 2.45) is 0 Å². The van der Waals surface area contributed by atoms with E-state index >= 15 is 0 Å². The molecule has 23 heavy (non-hydrogen) atoms. The molecule has 7 heteroatoms. The third-order valence-electron chi connectivity index (χ3n) is 3.29. The molecule has 1 aliphatic rings. The highest BCUT2D eigenvalue weighted by Crippen LogP contribution is 2.17. The number of benzene rings is 1. The van der Waals surface area contributed by atoms with Crippen LogP contribution in [0.2, 0.25) is 0 Å². The van der Waals surface area contributed by atoms with Crippen LogP contribution in [0.4, 0.5) is 9.18 Å². The van der Waals surface area contributed by atoms with Crippen molar-refractivity contribution in [3.8, 4) is 0 Å². The molecule has 1 aromatic rings. The van der Waals surface area contributed by atoms with Gasteiger partial charge in [-0.1, -0.05) is 6.07 Å². The quantitative estimate of drug-likeness (QED) is 0.793. The van der Waals surface area contributed by atoms with Crippen LogP contribution in [0.5, 0.6) is 0 Å². The summed E-state index contributed by atoms with van der Waals surface area (Å²) in [5.74, 6) is -0.305. The minimum Gasteiger partial charge on any atom is -0.444 e. The third-order valence-corrected chi connectivity index (χ3v) is 3.93. The molecule has 1 amide bonds. The molecule has 0 radical (unpaired) electrons. The van der Waals surface area contributed by atoms with Crippen molar-refractivity contribution < 1.29 is 18.8 Å². The SMILES string of the molecule is CC(C)(C)OC(=O)N1CCN(OCc2ccc(Br)c(F)c2)CC1. The van der Waals surface area contributed by atoms with Gasteiger partial charge in [-0.25, -0.2) is 9.18 Å². The summed E-state index contributed by atoms with van der Waals surface area (Å²) < 4.78 is 19.2. The highest BCUT2D eigenvalue weighted by molar-refractivity contribution is 9.10. The van der Waals surface area contributed by atoms with Crippen molar-refractivity contribution in [1.82, 2.24) is 9.96 Å². The molecule has 0 spiro atoms. The molecule has 1 fully saturated rings. The minimum absolute atomic E-state index is 0.299. The number of hydroxylamine groups is 2. The average molecular weight is 389 g/mol. The van der Waals surface area contributed by atoms with Gasteiger partial charge in [0.2, 0.25) is 0 Å². The molecule has 128 valence electrons. The Bertz CT molecular complexity index is 555. The van der Waals surface area contributed by atoms with Crippen molar-refractivity contribution in [2.75, 3.05) is 26.2 Å². The minimum atomic E-state index is -0.490. The summed E-state index contributed by atoms with van der Waals surface area (Å²) >= 11 is 3.12. The molecular formula is C16H22BrFN2O3. The first-order chi connectivity index (χ1) is 10.7. The van der Waals surface area contributed by atoms with Gasteiger partial charge >= 0.3 is 6.09 Å². The first-order valence-corrected chi connectivity index (χ1v) is 8.33. The van der Waals surface area contributed by atoms with Crippen LogP contribution in [-0.4, -0.2) is 47.8 Å². The Balaban J connectivity index is 1.76. The number of hydrogen-bond acceptors (Lipinski definition) is 4. The zero-order valence-corrected chi connectivity index (χ0v) is 15.2. The number of ether oxygens (including phenoxy) is 1. The molecule has 0 bridgehead atoms. The van der Waals surface area contributed by atoms with Crippen LogP contribution in [0.25, 0.3) is 0 Å². The number of amides is 1. The third kappa shape index (κ3) is 5.75. The Labute approximate surface area is 144 Å². The maximum atomic E-state index is 13.4. The van der Waals surface area contributed by atoms with E-state index in [-0.39, 0.29) is 11.9 Å². The lowest BCUT2D eigenvalue weighted by Crippen LogP contribution is -2.49. The zero-order valence-electron chi connectivity index (χ0n) is 13.6. The fraction of sp³-hybridized carbons (Fsp3) is 0.562. The number of nitrogens with zero attached hydrogens (tertiary/aromatic N) is 2. The first kappa shape index (κ1) is 18.2. The van der Waals surface area contributed by atoms with Crippen LogP contribution >= 0.6 is 15.9 Å². The average Bonchev–Trinajstić information content (AvgIpc) is 2.47. The van der Waals surface area contributed by atoms with E-state index in [9.17, 15) is 9.18 Å². The van der Waals surface area contributed by atoms with Gasteiger partial charge in [-0.05, 0) is 54.4 Å². The van der Waals surface area contributed by atoms with Crippen molar-refractivity contribution in [3.63, 3.8) is 0 Å². The van der Waals surface area contributed by atoms with E-state index in [0.29, 0.717) is 37.3 Å². The molecule has 0 saturated carbocycles. The van der Waals surface area contributed by atoms with Gasteiger partial charge < -0.3 is 9.64 Å². The number of halogens is 2. The highest BCUT2D eigenvalue weighted by Gasteiger charge is 2.26. The van der Waals surface area contributed by atoms with Gasteiger partial charge in [0.1, 0.15) is 11.4 Å². The van der Waals surface area contributed by atoms with Crippen molar-refractivity contribution >= 4 is 22.0 Å². The van der Waals surface area contributed by atoms with Gasteiger partial charge in [-0.15, -0.1) is 0 Å². The Morgan fingerprint density at radius 1 is 1.26 bits per heavy atom. The fourth-order valence-corrected chi connectivity index (χ4v) is 2.37. The molecular weight excluding hydrogens is 367 g/mol. The van der Waals surface area contributed by atoms with E-state index in [1.54, 1.807) is 16.0 Å². The maximum Gasteiger partial charge on any atom is 0.410 e. The standard InChI is InChI=1S/C16H22BrFN2O3/c1-16(2,3)23-15(21)19-6-8-20(9-7-19)22-11-12-4-5-13(17)14(18)10-12/h4-5,10H,6-9,11H2,1-3H3. The lowest BCUT2D eigenvalue weighted by Gasteiger charge is -2.34. The smallest absolute Gasteiger partial charge is 0.410 e. The summed E-state index contributed by atoms with van der Waals surface area (Å²) in [6, 6.07) is 4.92. The summed E-state index contributed by atoms with van der Waals surface area (Å²) in [5, 5.41) is 1.79. The van der Waals surface area contributed by atoms with E-state index in [2.05, 4.69) is 15.9 Å². The molecule has 1 saturated heterocycles. The van der Waals surface area contributed by atoms with Gasteiger partial charge in [-0.3, -0.25) is 4.84 Å². The van der Waals surface area contributed by atoms with E-state index in [1.165, 1.54) is 6.07 Å². The van der Waals surface area contributed by atoms with Crippen LogP contribution in [0.3, 0.4) is 0 Å². The molecule has 0 unspecified atom stereocenters. The molecule has 1 aliphatic heterocycles. The fourth-order valence-electron chi connectivity index (χ4n) is 2.12. The van der Waals surface area contributed by atoms with E-state index in [0.717, 1.165) is 5.56 Å². The van der Waals surface area contributed by atoms with Gasteiger partial charge in [0, 0.05) is 26.2 Å². The normalized spacial score (nSPS) is 16.5. The lowest BCUT2D eigenvalue weighted by atomic mass is 10.2. The number of carbonyl (C=O) groups excluding carboxylic acids is 1. The van der Waals surface area contributed by atoms with Crippen LogP contribution in [0.1, 0.15) is 26.3 Å². The largest absolute Gasteiger partial charge is 0.444 e. The molecule has 0 aromatic heterocycles. The molecule has 5 nitrogen and oxygen atoms in total. The number of piperazine rings is 1. The predicted octanol–water partition coefficient (Wildman–Crippen LogP) is 3.57. The van der Waals surface area contributed by atoms with Gasteiger partial charge in [0.25, 0.3) is 0 Å². The number of carbonyl (C=O) groups is 1. The summed E-state index contributed by atoms with van der Waals surface area (Å²) in [6.07, 6.45) is -0.299. The Morgan fingerprint density at radius 2 is 1.91 bits per heavy atom. The van der Waals surface area contributed by atoms with Crippen molar-refractivity contribution in [1.29, 1.82) is 0 Å². The summed E-state index contributed by atoms with van der Waals surface area (Å²) in [7, 11) is 0. The summed E-state index contributed by atoms with van der Waals surface area (Å²) in [4.78, 5) is 19.3. The zero-order chi connectivity index (χ0) is 17.0. The second kappa shape index (κ2) is 7.59. The maximum absolute atomic E-state index is 13.4. The van der Waals surface area contributed by atoms with E-state index in [4.69, 9.17) is 9.57 Å². The Hall–Kier alpha value is -1.18. The van der Waals surface area contributed by atoms with Crippen molar-refractivity contribution in [2.45, 2.75) is 33.0 Å². The second-order valence-corrected chi connectivity index (χ2v) is 7.27. The van der Waals surface area contributed by atoms with Crippen molar-refractivity contribution in [3.05, 3.63) is 34.1 Å². The van der Waals surface area contributed by atoms with Crippen LogP contribution < -0.4 is 0 Å². The molecule has 2 rings (SSSR count). The first-order valence-electron chi connectivity index (χ1n) is 7.54. The predicted molar refractivity (Wildman–Crippen MR) is 88.3 cm³/mol. The van der Waals surface area contributed by atoms with Gasteiger partial charge in [-0.2, -0.15) is 5.06 Å². The summed E-state index contributed by atoms with van der Waals surface area (Å²) in [6.45, 7) is 8.13. The van der Waals surface area contributed by atoms with Crippen LogP contribution in [-0.2, 0) is 16.2 Å².